The molecule has 0 radical (unpaired) electrons. The van der Waals surface area contributed by atoms with E-state index in [0.717, 1.165) is 19.6 Å². The molecule has 2 aromatic carbocycles. The summed E-state index contributed by atoms with van der Waals surface area (Å²) < 4.78 is 25.6. The molecule has 5 nitrogen and oxygen atoms in total. The van der Waals surface area contributed by atoms with Gasteiger partial charge in [-0.15, -0.1) is 0 Å². The maximum absolute atomic E-state index is 14.2. The molecule has 27 heavy (non-hydrogen) atoms. The molecule has 0 unspecified atom stereocenters. The molecule has 1 N–H and O–H groups in total. The standard InChI is InChI=1S/C21H20FNO4/c1-13-19(14-5-2-3-6-17(14)22)20(25)15-7-8-18(24)16(21(15)27-13)11-23-9-4-10-26-12-23/h2-3,5-8,24H,4,9-12H2,1H3. The zero-order valence-corrected chi connectivity index (χ0v) is 15.0. The average Bonchev–Trinajstić information content (AvgIpc) is 2.66. The Kier molecular flexibility index (Phi) is 4.68. The molecule has 1 aliphatic heterocycles. The summed E-state index contributed by atoms with van der Waals surface area (Å²) in [7, 11) is 0. The summed E-state index contributed by atoms with van der Waals surface area (Å²) in [5, 5.41) is 10.7. The summed E-state index contributed by atoms with van der Waals surface area (Å²) in [6.07, 6.45) is 0.909. The first-order valence-corrected chi connectivity index (χ1v) is 8.89. The number of hydrogen-bond acceptors (Lipinski definition) is 5. The van der Waals surface area contributed by atoms with Crippen molar-refractivity contribution >= 4 is 11.0 Å². The number of phenols is 1. The Labute approximate surface area is 155 Å². The van der Waals surface area contributed by atoms with E-state index >= 15 is 0 Å². The number of rotatable bonds is 3. The van der Waals surface area contributed by atoms with Crippen LogP contribution < -0.4 is 5.43 Å². The van der Waals surface area contributed by atoms with Gasteiger partial charge in [0.1, 0.15) is 22.9 Å². The quantitative estimate of drug-likeness (QED) is 0.761. The molecule has 0 atom stereocenters. The molecule has 1 saturated heterocycles. The lowest BCUT2D eigenvalue weighted by atomic mass is 10.0. The molecule has 6 heteroatoms. The van der Waals surface area contributed by atoms with E-state index < -0.39 is 5.82 Å². The number of phenolic OH excluding ortho intramolecular Hbond substituents is 1. The molecule has 0 bridgehead atoms. The molecule has 1 aromatic heterocycles. The van der Waals surface area contributed by atoms with Crippen molar-refractivity contribution in [2.24, 2.45) is 0 Å². The summed E-state index contributed by atoms with van der Waals surface area (Å²) in [5.41, 5.74) is 0.986. The van der Waals surface area contributed by atoms with E-state index in [-0.39, 0.29) is 22.3 Å². The van der Waals surface area contributed by atoms with E-state index in [9.17, 15) is 14.3 Å². The van der Waals surface area contributed by atoms with E-state index in [1.165, 1.54) is 18.2 Å². The number of fused-ring (bicyclic) bond motifs is 1. The lowest BCUT2D eigenvalue weighted by Crippen LogP contribution is -2.32. The fourth-order valence-electron chi connectivity index (χ4n) is 3.54. The highest BCUT2D eigenvalue weighted by atomic mass is 19.1. The van der Waals surface area contributed by atoms with Gasteiger partial charge >= 0.3 is 0 Å². The van der Waals surface area contributed by atoms with Crippen molar-refractivity contribution < 1.29 is 18.7 Å². The number of benzene rings is 2. The smallest absolute Gasteiger partial charge is 0.200 e. The fraction of sp³-hybridized carbons (Fsp3) is 0.286. The number of aromatic hydroxyl groups is 1. The van der Waals surface area contributed by atoms with E-state index in [4.69, 9.17) is 9.15 Å². The zero-order valence-electron chi connectivity index (χ0n) is 15.0. The summed E-state index contributed by atoms with van der Waals surface area (Å²) in [5.74, 6) is -0.0923. The van der Waals surface area contributed by atoms with Crippen molar-refractivity contribution in [2.75, 3.05) is 19.9 Å². The van der Waals surface area contributed by atoms with Crippen LogP contribution in [0.1, 0.15) is 17.7 Å². The number of hydrogen-bond donors (Lipinski definition) is 1. The number of halogens is 1. The first-order valence-electron chi connectivity index (χ1n) is 8.89. The molecule has 140 valence electrons. The highest BCUT2D eigenvalue weighted by molar-refractivity contribution is 5.86. The molecule has 0 amide bonds. The third-order valence-corrected chi connectivity index (χ3v) is 4.88. The molecule has 1 aliphatic rings. The van der Waals surface area contributed by atoms with Crippen LogP contribution in [0.2, 0.25) is 0 Å². The van der Waals surface area contributed by atoms with Gasteiger partial charge in [0, 0.05) is 25.3 Å². The Morgan fingerprint density at radius 1 is 1.22 bits per heavy atom. The van der Waals surface area contributed by atoms with Gasteiger partial charge in [0.15, 0.2) is 0 Å². The van der Waals surface area contributed by atoms with Gasteiger partial charge in [0.2, 0.25) is 5.43 Å². The Hall–Kier alpha value is -2.70. The molecule has 3 aromatic rings. The van der Waals surface area contributed by atoms with Crippen molar-refractivity contribution in [2.45, 2.75) is 19.9 Å². The molecular formula is C21H20FNO4. The van der Waals surface area contributed by atoms with Gasteiger partial charge in [0.25, 0.3) is 0 Å². The Morgan fingerprint density at radius 3 is 2.78 bits per heavy atom. The Morgan fingerprint density at radius 2 is 2.04 bits per heavy atom. The van der Waals surface area contributed by atoms with Gasteiger partial charge in [0.05, 0.1) is 23.2 Å². The summed E-state index contributed by atoms with van der Waals surface area (Å²) in [6.45, 7) is 4.07. The van der Waals surface area contributed by atoms with E-state index in [0.29, 0.717) is 35.6 Å². The van der Waals surface area contributed by atoms with Gasteiger partial charge in [-0.3, -0.25) is 9.69 Å². The van der Waals surface area contributed by atoms with Gasteiger partial charge in [-0.2, -0.15) is 0 Å². The highest BCUT2D eigenvalue weighted by Gasteiger charge is 2.21. The van der Waals surface area contributed by atoms with Gasteiger partial charge < -0.3 is 14.3 Å². The third kappa shape index (κ3) is 3.22. The predicted molar refractivity (Wildman–Crippen MR) is 100 cm³/mol. The maximum atomic E-state index is 14.2. The molecule has 1 fully saturated rings. The van der Waals surface area contributed by atoms with Crippen LogP contribution in [0.5, 0.6) is 5.75 Å². The minimum Gasteiger partial charge on any atom is -0.507 e. The predicted octanol–water partition coefficient (Wildman–Crippen LogP) is 3.79. The minimum absolute atomic E-state index is 0.0641. The van der Waals surface area contributed by atoms with Crippen LogP contribution in [0.25, 0.3) is 22.1 Å². The van der Waals surface area contributed by atoms with E-state index in [1.807, 2.05) is 4.90 Å². The van der Waals surface area contributed by atoms with Gasteiger partial charge in [-0.05, 0) is 31.5 Å². The van der Waals surface area contributed by atoms with Crippen LogP contribution in [0.15, 0.2) is 45.6 Å². The number of ether oxygens (including phenoxy) is 1. The van der Waals surface area contributed by atoms with Crippen LogP contribution in [-0.2, 0) is 11.3 Å². The van der Waals surface area contributed by atoms with Crippen LogP contribution in [0.4, 0.5) is 4.39 Å². The fourth-order valence-corrected chi connectivity index (χ4v) is 3.54. The molecule has 4 rings (SSSR count). The Balaban J connectivity index is 1.89. The molecule has 0 saturated carbocycles. The van der Waals surface area contributed by atoms with Crippen molar-refractivity contribution in [3.05, 3.63) is 63.8 Å². The van der Waals surface area contributed by atoms with Crippen LogP contribution in [0.3, 0.4) is 0 Å². The van der Waals surface area contributed by atoms with Crippen LogP contribution >= 0.6 is 0 Å². The summed E-state index contributed by atoms with van der Waals surface area (Å²) in [6, 6.07) is 9.15. The second kappa shape index (κ2) is 7.13. The molecule has 0 spiro atoms. The van der Waals surface area contributed by atoms with Crippen LogP contribution in [0, 0.1) is 12.7 Å². The molecular weight excluding hydrogens is 349 g/mol. The van der Waals surface area contributed by atoms with E-state index in [1.54, 1.807) is 25.1 Å². The van der Waals surface area contributed by atoms with Gasteiger partial charge in [-0.1, -0.05) is 18.2 Å². The van der Waals surface area contributed by atoms with Crippen molar-refractivity contribution in [3.63, 3.8) is 0 Å². The second-order valence-electron chi connectivity index (χ2n) is 6.73. The van der Waals surface area contributed by atoms with Crippen molar-refractivity contribution in [3.8, 4) is 16.9 Å². The lowest BCUT2D eigenvalue weighted by molar-refractivity contribution is -0.0178. The number of nitrogens with zero attached hydrogens (tertiary/aromatic N) is 1. The third-order valence-electron chi connectivity index (χ3n) is 4.88. The zero-order chi connectivity index (χ0) is 19.0. The molecule has 2 heterocycles. The first-order chi connectivity index (χ1) is 13.1. The highest BCUT2D eigenvalue weighted by Crippen LogP contribution is 2.32. The second-order valence-corrected chi connectivity index (χ2v) is 6.73. The average molecular weight is 369 g/mol. The minimum atomic E-state index is -0.475. The molecule has 0 aliphatic carbocycles. The van der Waals surface area contributed by atoms with Crippen molar-refractivity contribution in [1.29, 1.82) is 0 Å². The largest absolute Gasteiger partial charge is 0.507 e. The normalized spacial score (nSPS) is 15.3. The monoisotopic (exact) mass is 369 g/mol. The topological polar surface area (TPSA) is 62.9 Å². The summed E-state index contributed by atoms with van der Waals surface area (Å²) >= 11 is 0. The maximum Gasteiger partial charge on any atom is 0.200 e. The first kappa shape index (κ1) is 17.7. The lowest BCUT2D eigenvalue weighted by Gasteiger charge is -2.27. The van der Waals surface area contributed by atoms with Gasteiger partial charge in [-0.25, -0.2) is 4.39 Å². The SMILES string of the molecule is Cc1oc2c(CN3CCCOC3)c(O)ccc2c(=O)c1-c1ccccc1F. The van der Waals surface area contributed by atoms with Crippen LogP contribution in [-0.4, -0.2) is 29.9 Å². The van der Waals surface area contributed by atoms with E-state index in [2.05, 4.69) is 0 Å². The number of aryl methyl sites for hydroxylation is 1. The Bertz CT molecular complexity index is 1050. The van der Waals surface area contributed by atoms with Crippen molar-refractivity contribution in [1.82, 2.24) is 4.90 Å². The summed E-state index contributed by atoms with van der Waals surface area (Å²) in [4.78, 5) is 15.2.